The van der Waals surface area contributed by atoms with Gasteiger partial charge in [0.25, 0.3) is 5.88 Å². The number of pyridine rings is 1. The second-order valence-corrected chi connectivity index (χ2v) is 5.98. The van der Waals surface area contributed by atoms with Gasteiger partial charge in [-0.05, 0) is 35.9 Å². The number of carbonyl (C=O) groups is 2. The third-order valence-electron chi connectivity index (χ3n) is 4.29. The molecule has 4 N–H and O–H groups in total. The SMILES string of the molecule is COc1cc(-c2ccc(C(N)=O)cc2)c(-c2ccc(C(N)=O)cc2)nc1OC. The minimum Gasteiger partial charge on any atom is -0.491 e. The summed E-state index contributed by atoms with van der Waals surface area (Å²) in [7, 11) is 3.03. The fourth-order valence-corrected chi connectivity index (χ4v) is 2.82. The van der Waals surface area contributed by atoms with Crippen molar-refractivity contribution in [2.45, 2.75) is 0 Å². The van der Waals surface area contributed by atoms with Gasteiger partial charge in [-0.1, -0.05) is 24.3 Å². The van der Waals surface area contributed by atoms with E-state index in [4.69, 9.17) is 20.9 Å². The highest BCUT2D eigenvalue weighted by Crippen LogP contribution is 2.38. The predicted octanol–water partition coefficient (Wildman–Crippen LogP) is 2.63. The molecule has 0 bridgehead atoms. The molecule has 2 amide bonds. The van der Waals surface area contributed by atoms with Crippen LogP contribution in [-0.2, 0) is 0 Å². The van der Waals surface area contributed by atoms with E-state index in [1.807, 2.05) is 6.07 Å². The lowest BCUT2D eigenvalue weighted by molar-refractivity contribution is 0.0992. The number of benzene rings is 2. The summed E-state index contributed by atoms with van der Waals surface area (Å²) < 4.78 is 10.7. The molecule has 3 rings (SSSR count). The third kappa shape index (κ3) is 3.64. The Balaban J connectivity index is 2.19. The second kappa shape index (κ2) is 7.79. The highest BCUT2D eigenvalue weighted by molar-refractivity contribution is 5.94. The van der Waals surface area contributed by atoms with E-state index in [1.165, 1.54) is 14.2 Å². The van der Waals surface area contributed by atoms with E-state index in [9.17, 15) is 9.59 Å². The van der Waals surface area contributed by atoms with Gasteiger partial charge in [0.05, 0.1) is 19.9 Å². The van der Waals surface area contributed by atoms with Crippen molar-refractivity contribution in [3.8, 4) is 34.0 Å². The molecular weight excluding hydrogens is 358 g/mol. The van der Waals surface area contributed by atoms with Gasteiger partial charge in [0.1, 0.15) is 0 Å². The number of hydrogen-bond acceptors (Lipinski definition) is 5. The molecular formula is C21H19N3O4. The van der Waals surface area contributed by atoms with Crippen LogP contribution in [0.25, 0.3) is 22.4 Å². The van der Waals surface area contributed by atoms with Crippen LogP contribution >= 0.6 is 0 Å². The summed E-state index contributed by atoms with van der Waals surface area (Å²) in [6, 6.07) is 15.5. The van der Waals surface area contributed by atoms with E-state index in [0.29, 0.717) is 28.5 Å². The van der Waals surface area contributed by atoms with Gasteiger partial charge in [-0.2, -0.15) is 0 Å². The number of rotatable bonds is 6. The van der Waals surface area contributed by atoms with Crippen LogP contribution in [0.2, 0.25) is 0 Å². The first kappa shape index (κ1) is 18.9. The number of aromatic nitrogens is 1. The molecule has 0 saturated heterocycles. The van der Waals surface area contributed by atoms with Crippen molar-refractivity contribution in [2.75, 3.05) is 14.2 Å². The Labute approximate surface area is 161 Å². The molecule has 0 spiro atoms. The van der Waals surface area contributed by atoms with Crippen molar-refractivity contribution in [3.05, 3.63) is 65.7 Å². The normalized spacial score (nSPS) is 10.4. The minimum atomic E-state index is -0.505. The van der Waals surface area contributed by atoms with Crippen molar-refractivity contribution >= 4 is 11.8 Å². The highest BCUT2D eigenvalue weighted by Gasteiger charge is 2.17. The van der Waals surface area contributed by atoms with Crippen molar-refractivity contribution in [1.82, 2.24) is 4.98 Å². The molecule has 1 heterocycles. The van der Waals surface area contributed by atoms with Gasteiger partial charge in [0.15, 0.2) is 5.75 Å². The number of nitrogens with zero attached hydrogens (tertiary/aromatic N) is 1. The van der Waals surface area contributed by atoms with Gasteiger partial charge in [0.2, 0.25) is 11.8 Å². The van der Waals surface area contributed by atoms with E-state index < -0.39 is 11.8 Å². The molecule has 0 atom stereocenters. The van der Waals surface area contributed by atoms with Crippen molar-refractivity contribution in [3.63, 3.8) is 0 Å². The highest BCUT2D eigenvalue weighted by atomic mass is 16.5. The molecule has 28 heavy (non-hydrogen) atoms. The lowest BCUT2D eigenvalue weighted by Gasteiger charge is -2.15. The number of primary amides is 2. The Morgan fingerprint density at radius 3 is 1.71 bits per heavy atom. The molecule has 0 saturated carbocycles. The number of carbonyl (C=O) groups excluding carboxylic acids is 2. The quantitative estimate of drug-likeness (QED) is 0.685. The van der Waals surface area contributed by atoms with Crippen molar-refractivity contribution in [2.24, 2.45) is 11.5 Å². The van der Waals surface area contributed by atoms with E-state index in [-0.39, 0.29) is 0 Å². The molecule has 0 fully saturated rings. The van der Waals surface area contributed by atoms with Crippen molar-refractivity contribution in [1.29, 1.82) is 0 Å². The number of amides is 2. The van der Waals surface area contributed by atoms with Gasteiger partial charge in [-0.15, -0.1) is 0 Å². The van der Waals surface area contributed by atoms with E-state index in [0.717, 1.165) is 16.7 Å². The summed E-state index contributed by atoms with van der Waals surface area (Å²) in [5, 5.41) is 0. The average molecular weight is 377 g/mol. The van der Waals surface area contributed by atoms with Crippen LogP contribution in [0.15, 0.2) is 54.6 Å². The second-order valence-electron chi connectivity index (χ2n) is 5.98. The van der Waals surface area contributed by atoms with Gasteiger partial charge >= 0.3 is 0 Å². The summed E-state index contributed by atoms with van der Waals surface area (Å²) in [5.74, 6) is -0.212. The zero-order valence-corrected chi connectivity index (χ0v) is 15.4. The smallest absolute Gasteiger partial charge is 0.257 e. The van der Waals surface area contributed by atoms with E-state index in [2.05, 4.69) is 4.98 Å². The first-order chi connectivity index (χ1) is 13.4. The molecule has 0 aliphatic carbocycles. The molecule has 2 aromatic carbocycles. The lowest BCUT2D eigenvalue weighted by atomic mass is 9.97. The summed E-state index contributed by atoms with van der Waals surface area (Å²) in [6.07, 6.45) is 0. The maximum atomic E-state index is 11.3. The Kier molecular flexibility index (Phi) is 5.26. The van der Waals surface area contributed by atoms with Crippen LogP contribution in [0, 0.1) is 0 Å². The van der Waals surface area contributed by atoms with Crippen LogP contribution in [0.5, 0.6) is 11.6 Å². The Hall–Kier alpha value is -3.87. The fourth-order valence-electron chi connectivity index (χ4n) is 2.82. The molecule has 0 unspecified atom stereocenters. The molecule has 0 aliphatic heterocycles. The van der Waals surface area contributed by atoms with Crippen molar-refractivity contribution < 1.29 is 19.1 Å². The average Bonchev–Trinajstić information content (AvgIpc) is 2.72. The van der Waals surface area contributed by atoms with Crippen LogP contribution < -0.4 is 20.9 Å². The van der Waals surface area contributed by atoms with Crippen LogP contribution in [0.3, 0.4) is 0 Å². The minimum absolute atomic E-state index is 0.328. The van der Waals surface area contributed by atoms with Gasteiger partial charge < -0.3 is 20.9 Å². The fraction of sp³-hybridized carbons (Fsp3) is 0.0952. The first-order valence-corrected chi connectivity index (χ1v) is 8.38. The summed E-state index contributed by atoms with van der Waals surface area (Å²) in [4.78, 5) is 27.3. The van der Waals surface area contributed by atoms with Crippen LogP contribution in [-0.4, -0.2) is 31.0 Å². The number of ether oxygens (including phenoxy) is 2. The monoisotopic (exact) mass is 377 g/mol. The Morgan fingerprint density at radius 2 is 1.29 bits per heavy atom. The van der Waals surface area contributed by atoms with Gasteiger partial charge in [-0.3, -0.25) is 9.59 Å². The summed E-state index contributed by atoms with van der Waals surface area (Å²) >= 11 is 0. The molecule has 1 aromatic heterocycles. The molecule has 7 nitrogen and oxygen atoms in total. The van der Waals surface area contributed by atoms with E-state index >= 15 is 0 Å². The lowest BCUT2D eigenvalue weighted by Crippen LogP contribution is -2.10. The zero-order chi connectivity index (χ0) is 20.3. The predicted molar refractivity (Wildman–Crippen MR) is 105 cm³/mol. The molecule has 142 valence electrons. The first-order valence-electron chi connectivity index (χ1n) is 8.38. The Bertz CT molecular complexity index is 944. The molecule has 0 radical (unpaired) electrons. The van der Waals surface area contributed by atoms with Crippen LogP contribution in [0.1, 0.15) is 20.7 Å². The topological polar surface area (TPSA) is 118 Å². The van der Waals surface area contributed by atoms with E-state index in [1.54, 1.807) is 48.5 Å². The van der Waals surface area contributed by atoms with Gasteiger partial charge in [-0.25, -0.2) is 4.98 Å². The third-order valence-corrected chi connectivity index (χ3v) is 4.29. The maximum Gasteiger partial charge on any atom is 0.257 e. The zero-order valence-electron chi connectivity index (χ0n) is 15.4. The molecule has 3 aromatic rings. The number of methoxy groups -OCH3 is 2. The molecule has 7 heteroatoms. The van der Waals surface area contributed by atoms with Gasteiger partial charge in [0, 0.05) is 22.3 Å². The summed E-state index contributed by atoms with van der Waals surface area (Å²) in [5.41, 5.74) is 14.4. The Morgan fingerprint density at radius 1 is 0.786 bits per heavy atom. The maximum absolute atomic E-state index is 11.3. The largest absolute Gasteiger partial charge is 0.491 e. The van der Waals surface area contributed by atoms with Crippen LogP contribution in [0.4, 0.5) is 0 Å². The summed E-state index contributed by atoms with van der Waals surface area (Å²) in [6.45, 7) is 0. The standard InChI is InChI=1S/C21H19N3O4/c1-27-17-11-16(12-3-7-14(8-4-12)19(22)25)18(24-21(17)28-2)13-5-9-15(10-6-13)20(23)26/h3-11H,1-2H3,(H2,22,25)(H2,23,26). The number of nitrogens with two attached hydrogens (primary N) is 2. The molecule has 0 aliphatic rings. The number of hydrogen-bond donors (Lipinski definition) is 2.